The summed E-state index contributed by atoms with van der Waals surface area (Å²) in [6, 6.07) is 16.9. The summed E-state index contributed by atoms with van der Waals surface area (Å²) in [5.74, 6) is 0.468. The average molecular weight is 523 g/mol. The van der Waals surface area contributed by atoms with Crippen LogP contribution in [0.1, 0.15) is 11.1 Å². The Morgan fingerprint density at radius 1 is 1.00 bits per heavy atom. The van der Waals surface area contributed by atoms with Crippen molar-refractivity contribution in [1.29, 1.82) is 0 Å². The van der Waals surface area contributed by atoms with Crippen molar-refractivity contribution in [3.8, 4) is 0 Å². The minimum absolute atomic E-state index is 0. The zero-order valence-corrected chi connectivity index (χ0v) is 18.9. The van der Waals surface area contributed by atoms with Crippen molar-refractivity contribution in [3.63, 3.8) is 0 Å². The molecule has 0 heterocycles. The minimum Gasteiger partial charge on any atom is -0.355 e. The van der Waals surface area contributed by atoms with Crippen LogP contribution in [0.4, 0.5) is 0 Å². The molecular formula is C18H24ClIN4O2S. The van der Waals surface area contributed by atoms with Crippen molar-refractivity contribution in [1.82, 2.24) is 15.4 Å². The Labute approximate surface area is 182 Å². The summed E-state index contributed by atoms with van der Waals surface area (Å²) in [6.45, 7) is 1.02. The van der Waals surface area contributed by atoms with Crippen LogP contribution in [0.25, 0.3) is 0 Å². The molecule has 148 valence electrons. The summed E-state index contributed by atoms with van der Waals surface area (Å²) < 4.78 is 26.7. The molecular weight excluding hydrogens is 499 g/mol. The first-order valence-corrected chi connectivity index (χ1v) is 10.2. The number of benzene rings is 2. The lowest BCUT2D eigenvalue weighted by atomic mass is 10.2. The Hall–Kier alpha value is -1.36. The molecule has 27 heavy (non-hydrogen) atoms. The molecule has 0 unspecified atom stereocenters. The van der Waals surface area contributed by atoms with E-state index in [1.807, 2.05) is 54.6 Å². The fourth-order valence-electron chi connectivity index (χ4n) is 2.21. The van der Waals surface area contributed by atoms with Gasteiger partial charge in [0.25, 0.3) is 0 Å². The first-order valence-electron chi connectivity index (χ1n) is 8.19. The molecule has 0 saturated carbocycles. The van der Waals surface area contributed by atoms with Crippen molar-refractivity contribution in [2.75, 3.05) is 19.3 Å². The van der Waals surface area contributed by atoms with Gasteiger partial charge in [0.2, 0.25) is 10.0 Å². The molecule has 9 heteroatoms. The van der Waals surface area contributed by atoms with Gasteiger partial charge in [0, 0.05) is 31.7 Å². The number of nitrogens with one attached hydrogen (secondary N) is 3. The summed E-state index contributed by atoms with van der Waals surface area (Å²) in [7, 11) is -1.74. The second-order valence-corrected chi connectivity index (χ2v) is 7.90. The second kappa shape index (κ2) is 12.2. The molecule has 0 aromatic heterocycles. The van der Waals surface area contributed by atoms with E-state index in [2.05, 4.69) is 20.3 Å². The molecule has 0 aliphatic carbocycles. The van der Waals surface area contributed by atoms with Gasteiger partial charge in [-0.15, -0.1) is 24.0 Å². The van der Waals surface area contributed by atoms with E-state index in [0.717, 1.165) is 11.1 Å². The maximum atomic E-state index is 12.1. The summed E-state index contributed by atoms with van der Waals surface area (Å²) in [6.07, 6.45) is 0. The molecule has 0 amide bonds. The Morgan fingerprint density at radius 3 is 2.33 bits per heavy atom. The number of guanidine groups is 1. The van der Waals surface area contributed by atoms with Gasteiger partial charge < -0.3 is 10.6 Å². The first kappa shape index (κ1) is 23.7. The van der Waals surface area contributed by atoms with Crippen LogP contribution in [0, 0.1) is 0 Å². The van der Waals surface area contributed by atoms with E-state index in [1.54, 1.807) is 7.05 Å². The van der Waals surface area contributed by atoms with Crippen molar-refractivity contribution < 1.29 is 8.42 Å². The van der Waals surface area contributed by atoms with E-state index in [-0.39, 0.29) is 42.8 Å². The molecule has 0 aliphatic heterocycles. The van der Waals surface area contributed by atoms with Crippen LogP contribution >= 0.6 is 35.6 Å². The van der Waals surface area contributed by atoms with Gasteiger partial charge in [0.1, 0.15) is 0 Å². The van der Waals surface area contributed by atoms with Gasteiger partial charge >= 0.3 is 0 Å². The maximum absolute atomic E-state index is 12.1. The Bertz CT molecular complexity index is 832. The predicted octanol–water partition coefficient (Wildman–Crippen LogP) is 2.74. The molecule has 0 saturated heterocycles. The maximum Gasteiger partial charge on any atom is 0.213 e. The van der Waals surface area contributed by atoms with Crippen LogP contribution in [-0.4, -0.2) is 33.7 Å². The van der Waals surface area contributed by atoms with Gasteiger partial charge in [0.05, 0.1) is 5.75 Å². The standard InChI is InChI=1S/C18H23ClN4O2S.HI/c1-20-18(22-14-16-9-5-6-10-17(16)19)21-11-12-26(24,25)23-13-15-7-3-2-4-8-15;/h2-10,23H,11-14H2,1H3,(H2,20,21,22);1H. The molecule has 6 nitrogen and oxygen atoms in total. The summed E-state index contributed by atoms with van der Waals surface area (Å²) in [4.78, 5) is 4.08. The first-order chi connectivity index (χ1) is 12.5. The number of hydrogen-bond donors (Lipinski definition) is 3. The number of aliphatic imine (C=N–C) groups is 1. The highest BCUT2D eigenvalue weighted by molar-refractivity contribution is 14.0. The Morgan fingerprint density at radius 2 is 1.67 bits per heavy atom. The van der Waals surface area contributed by atoms with Crippen molar-refractivity contribution in [3.05, 3.63) is 70.7 Å². The quantitative estimate of drug-likeness (QED) is 0.283. The van der Waals surface area contributed by atoms with E-state index >= 15 is 0 Å². The number of hydrogen-bond acceptors (Lipinski definition) is 3. The van der Waals surface area contributed by atoms with E-state index in [9.17, 15) is 8.42 Å². The summed E-state index contributed by atoms with van der Waals surface area (Å²) in [5.41, 5.74) is 1.86. The van der Waals surface area contributed by atoms with Crippen LogP contribution in [0.3, 0.4) is 0 Å². The lowest BCUT2D eigenvalue weighted by Crippen LogP contribution is -2.40. The van der Waals surface area contributed by atoms with Crippen LogP contribution < -0.4 is 15.4 Å². The molecule has 0 radical (unpaired) electrons. The minimum atomic E-state index is -3.37. The molecule has 0 fully saturated rings. The van der Waals surface area contributed by atoms with Gasteiger partial charge in [-0.3, -0.25) is 4.99 Å². The average Bonchev–Trinajstić information content (AvgIpc) is 2.65. The lowest BCUT2D eigenvalue weighted by Gasteiger charge is -2.13. The number of rotatable bonds is 8. The van der Waals surface area contributed by atoms with Crippen LogP contribution in [0.2, 0.25) is 5.02 Å². The number of nitrogens with zero attached hydrogens (tertiary/aromatic N) is 1. The molecule has 0 aliphatic rings. The topological polar surface area (TPSA) is 82.6 Å². The van der Waals surface area contributed by atoms with Gasteiger partial charge in [0.15, 0.2) is 5.96 Å². The van der Waals surface area contributed by atoms with Gasteiger partial charge in [-0.05, 0) is 17.2 Å². The van der Waals surface area contributed by atoms with Gasteiger partial charge in [-0.2, -0.15) is 0 Å². The van der Waals surface area contributed by atoms with Crippen molar-refractivity contribution >= 4 is 51.6 Å². The molecule has 2 rings (SSSR count). The van der Waals surface area contributed by atoms with Gasteiger partial charge in [-0.25, -0.2) is 13.1 Å². The molecule has 3 N–H and O–H groups in total. The number of sulfonamides is 1. The molecule has 0 atom stereocenters. The van der Waals surface area contributed by atoms with E-state index in [1.165, 1.54) is 0 Å². The van der Waals surface area contributed by atoms with E-state index in [0.29, 0.717) is 17.5 Å². The Balaban J connectivity index is 0.00000364. The highest BCUT2D eigenvalue weighted by Gasteiger charge is 2.10. The zero-order valence-electron chi connectivity index (χ0n) is 15.0. The third-order valence-electron chi connectivity index (χ3n) is 3.63. The van der Waals surface area contributed by atoms with Crippen molar-refractivity contribution in [2.24, 2.45) is 4.99 Å². The largest absolute Gasteiger partial charge is 0.355 e. The molecule has 0 spiro atoms. The second-order valence-electron chi connectivity index (χ2n) is 5.57. The molecule has 2 aromatic carbocycles. The fourth-order valence-corrected chi connectivity index (χ4v) is 3.31. The van der Waals surface area contributed by atoms with E-state index < -0.39 is 10.0 Å². The highest BCUT2D eigenvalue weighted by Crippen LogP contribution is 2.14. The normalized spacial score (nSPS) is 11.6. The third kappa shape index (κ3) is 8.91. The monoisotopic (exact) mass is 522 g/mol. The zero-order chi connectivity index (χ0) is 18.8. The summed E-state index contributed by atoms with van der Waals surface area (Å²) in [5, 5.41) is 6.77. The van der Waals surface area contributed by atoms with Gasteiger partial charge in [-0.1, -0.05) is 60.1 Å². The smallest absolute Gasteiger partial charge is 0.213 e. The number of halogens is 2. The third-order valence-corrected chi connectivity index (χ3v) is 5.32. The lowest BCUT2D eigenvalue weighted by molar-refractivity contribution is 0.580. The van der Waals surface area contributed by atoms with Crippen LogP contribution in [0.15, 0.2) is 59.6 Å². The predicted molar refractivity (Wildman–Crippen MR) is 122 cm³/mol. The highest BCUT2D eigenvalue weighted by atomic mass is 127. The van der Waals surface area contributed by atoms with Crippen LogP contribution in [-0.2, 0) is 23.1 Å². The Kier molecular flexibility index (Phi) is 10.7. The molecule has 0 bridgehead atoms. The summed E-state index contributed by atoms with van der Waals surface area (Å²) >= 11 is 6.11. The fraction of sp³-hybridized carbons (Fsp3) is 0.278. The van der Waals surface area contributed by atoms with Crippen LogP contribution in [0.5, 0.6) is 0 Å². The van der Waals surface area contributed by atoms with Crippen molar-refractivity contribution in [2.45, 2.75) is 13.1 Å². The molecule has 2 aromatic rings. The van der Waals surface area contributed by atoms with E-state index in [4.69, 9.17) is 11.6 Å². The SMILES string of the molecule is CN=C(NCCS(=O)(=O)NCc1ccccc1)NCc1ccccc1Cl.I.